The molecule has 1 rings (SSSR count). The lowest BCUT2D eigenvalue weighted by Gasteiger charge is -2.19. The number of nitrogen functional groups attached to an aromatic ring is 1. The van der Waals surface area contributed by atoms with Crippen molar-refractivity contribution in [2.45, 2.75) is 65.5 Å². The van der Waals surface area contributed by atoms with Crippen molar-refractivity contribution in [3.8, 4) is 0 Å². The van der Waals surface area contributed by atoms with Crippen LogP contribution in [0, 0.1) is 0 Å². The number of anilines is 2. The van der Waals surface area contributed by atoms with E-state index in [0.29, 0.717) is 15.8 Å². The molecule has 0 aromatic carbocycles. The second-order valence-corrected chi connectivity index (χ2v) is 6.97. The lowest BCUT2D eigenvalue weighted by molar-refractivity contribution is 0.0938. The van der Waals surface area contributed by atoms with Crippen molar-refractivity contribution in [2.24, 2.45) is 0 Å². The first-order valence-electron chi connectivity index (χ1n) is 7.12. The molecule has 0 spiro atoms. The number of nitrogens with two attached hydrogens (primary N) is 1. The summed E-state index contributed by atoms with van der Waals surface area (Å²) in [6.45, 7) is 10.3. The third-order valence-corrected chi connectivity index (χ3v) is 3.79. The van der Waals surface area contributed by atoms with Gasteiger partial charge in [-0.3, -0.25) is 4.79 Å². The van der Waals surface area contributed by atoms with E-state index in [1.54, 1.807) is 0 Å². The summed E-state index contributed by atoms with van der Waals surface area (Å²) >= 11 is 1.31. The molecular weight excluding hydrogens is 272 g/mol. The van der Waals surface area contributed by atoms with E-state index in [0.717, 1.165) is 19.3 Å². The van der Waals surface area contributed by atoms with E-state index in [4.69, 9.17) is 5.73 Å². The highest BCUT2D eigenvalue weighted by molar-refractivity contribution is 7.18. The highest BCUT2D eigenvalue weighted by Gasteiger charge is 2.20. The van der Waals surface area contributed by atoms with E-state index in [-0.39, 0.29) is 17.5 Å². The molecule has 1 aromatic heterocycles. The van der Waals surface area contributed by atoms with Crippen LogP contribution in [0.1, 0.15) is 63.6 Å². The molecule has 4 N–H and O–H groups in total. The highest BCUT2D eigenvalue weighted by Crippen LogP contribution is 2.27. The fraction of sp³-hybridized carbons (Fsp3) is 0.714. The monoisotopic (exact) mass is 298 g/mol. The zero-order valence-electron chi connectivity index (χ0n) is 13.0. The van der Waals surface area contributed by atoms with Gasteiger partial charge in [-0.2, -0.15) is 0 Å². The Morgan fingerprint density at radius 1 is 1.40 bits per heavy atom. The maximum atomic E-state index is 12.2. The van der Waals surface area contributed by atoms with Crippen molar-refractivity contribution >= 4 is 28.2 Å². The average molecular weight is 298 g/mol. The Morgan fingerprint density at radius 3 is 2.55 bits per heavy atom. The third-order valence-electron chi connectivity index (χ3n) is 2.81. The zero-order chi connectivity index (χ0) is 15.3. The molecule has 0 fully saturated rings. The van der Waals surface area contributed by atoms with E-state index in [2.05, 4.69) is 29.5 Å². The molecule has 1 amide bonds. The van der Waals surface area contributed by atoms with Gasteiger partial charge >= 0.3 is 0 Å². The van der Waals surface area contributed by atoms with Crippen molar-refractivity contribution in [3.63, 3.8) is 0 Å². The van der Waals surface area contributed by atoms with Gasteiger partial charge < -0.3 is 16.4 Å². The summed E-state index contributed by atoms with van der Waals surface area (Å²) < 4.78 is 0. The van der Waals surface area contributed by atoms with Crippen molar-refractivity contribution in [1.82, 2.24) is 10.3 Å². The lowest BCUT2D eigenvalue weighted by Crippen LogP contribution is -2.34. The molecule has 0 saturated heterocycles. The normalized spacial score (nSPS) is 13.1. The van der Waals surface area contributed by atoms with Crippen LogP contribution in [0.15, 0.2) is 0 Å². The van der Waals surface area contributed by atoms with Crippen LogP contribution in [-0.2, 0) is 0 Å². The molecule has 5 nitrogen and oxygen atoms in total. The summed E-state index contributed by atoms with van der Waals surface area (Å²) in [5.74, 6) is 0.174. The Bertz CT molecular complexity index is 451. The molecule has 0 aliphatic carbocycles. The maximum Gasteiger partial charge on any atom is 0.265 e. The molecule has 1 heterocycles. The summed E-state index contributed by atoms with van der Waals surface area (Å²) in [6.07, 6.45) is 2.95. The topological polar surface area (TPSA) is 80.0 Å². The first kappa shape index (κ1) is 16.8. The van der Waals surface area contributed by atoms with E-state index in [1.807, 2.05) is 20.8 Å². The maximum absolute atomic E-state index is 12.2. The van der Waals surface area contributed by atoms with Gasteiger partial charge in [-0.05, 0) is 33.6 Å². The third kappa shape index (κ3) is 5.00. The standard InChI is InChI=1S/C14H26N4OS/c1-6-8-9(7-2)16-12(19)10-11(15)17-13(20-10)18-14(3,4)5/h9H,6-8,15H2,1-5H3,(H,16,19)(H,17,18). The first-order chi connectivity index (χ1) is 9.26. The van der Waals surface area contributed by atoms with Gasteiger partial charge in [0.1, 0.15) is 10.7 Å². The van der Waals surface area contributed by atoms with Crippen LogP contribution in [0.5, 0.6) is 0 Å². The van der Waals surface area contributed by atoms with Gasteiger partial charge in [0.15, 0.2) is 5.13 Å². The predicted molar refractivity (Wildman–Crippen MR) is 86.4 cm³/mol. The van der Waals surface area contributed by atoms with Gasteiger partial charge in [0, 0.05) is 11.6 Å². The number of aromatic nitrogens is 1. The Kier molecular flexibility index (Phi) is 5.80. The van der Waals surface area contributed by atoms with Crippen molar-refractivity contribution in [3.05, 3.63) is 4.88 Å². The highest BCUT2D eigenvalue weighted by atomic mass is 32.1. The molecule has 1 atom stereocenters. The molecule has 0 aliphatic rings. The van der Waals surface area contributed by atoms with Crippen LogP contribution < -0.4 is 16.4 Å². The van der Waals surface area contributed by atoms with Crippen molar-refractivity contribution < 1.29 is 4.79 Å². The van der Waals surface area contributed by atoms with Gasteiger partial charge in [-0.25, -0.2) is 4.98 Å². The van der Waals surface area contributed by atoms with Gasteiger partial charge in [0.25, 0.3) is 5.91 Å². The van der Waals surface area contributed by atoms with Crippen LogP contribution in [-0.4, -0.2) is 22.5 Å². The second-order valence-electron chi connectivity index (χ2n) is 5.98. The number of nitrogens with one attached hydrogen (secondary N) is 2. The van der Waals surface area contributed by atoms with Gasteiger partial charge in [-0.15, -0.1) is 0 Å². The Labute approximate surface area is 125 Å². The second kappa shape index (κ2) is 6.92. The number of amides is 1. The van der Waals surface area contributed by atoms with E-state index < -0.39 is 0 Å². The minimum atomic E-state index is -0.123. The van der Waals surface area contributed by atoms with Crippen molar-refractivity contribution in [1.29, 1.82) is 0 Å². The minimum absolute atomic E-state index is 0.105. The molecule has 0 radical (unpaired) electrons. The number of carbonyl (C=O) groups is 1. The van der Waals surface area contributed by atoms with Crippen molar-refractivity contribution in [2.75, 3.05) is 11.1 Å². The number of hydrogen-bond donors (Lipinski definition) is 3. The van der Waals surface area contributed by atoms with Gasteiger partial charge in [-0.1, -0.05) is 31.6 Å². The molecule has 0 saturated carbocycles. The fourth-order valence-corrected chi connectivity index (χ4v) is 2.84. The molecule has 6 heteroatoms. The Hall–Kier alpha value is -1.30. The quantitative estimate of drug-likeness (QED) is 0.753. The summed E-state index contributed by atoms with van der Waals surface area (Å²) in [4.78, 5) is 17.0. The molecule has 1 aromatic rings. The van der Waals surface area contributed by atoms with E-state index in [9.17, 15) is 4.79 Å². The molecule has 0 bridgehead atoms. The van der Waals surface area contributed by atoms with Crippen LogP contribution in [0.3, 0.4) is 0 Å². The Morgan fingerprint density at radius 2 is 2.05 bits per heavy atom. The largest absolute Gasteiger partial charge is 0.382 e. The number of hydrogen-bond acceptors (Lipinski definition) is 5. The molecule has 20 heavy (non-hydrogen) atoms. The molecule has 1 unspecified atom stereocenters. The predicted octanol–water partition coefficient (Wildman–Crippen LogP) is 3.24. The zero-order valence-corrected chi connectivity index (χ0v) is 13.9. The Balaban J connectivity index is 2.78. The summed E-state index contributed by atoms with van der Waals surface area (Å²) in [5.41, 5.74) is 5.75. The number of nitrogens with zero attached hydrogens (tertiary/aromatic N) is 1. The SMILES string of the molecule is CCCC(CC)NC(=O)c1sc(NC(C)(C)C)nc1N. The number of rotatable bonds is 6. The number of carbonyl (C=O) groups excluding carboxylic acids is 1. The van der Waals surface area contributed by atoms with E-state index in [1.165, 1.54) is 11.3 Å². The van der Waals surface area contributed by atoms with Crippen LogP contribution in [0.4, 0.5) is 10.9 Å². The minimum Gasteiger partial charge on any atom is -0.382 e. The van der Waals surface area contributed by atoms with Crippen LogP contribution in [0.25, 0.3) is 0 Å². The molecule has 114 valence electrons. The summed E-state index contributed by atoms with van der Waals surface area (Å²) in [7, 11) is 0. The van der Waals surface area contributed by atoms with Gasteiger partial charge in [0.2, 0.25) is 0 Å². The van der Waals surface area contributed by atoms with Gasteiger partial charge in [0.05, 0.1) is 0 Å². The fourth-order valence-electron chi connectivity index (χ4n) is 1.85. The summed E-state index contributed by atoms with van der Waals surface area (Å²) in [6, 6.07) is 0.202. The average Bonchev–Trinajstić information content (AvgIpc) is 2.67. The molecule has 0 aliphatic heterocycles. The first-order valence-corrected chi connectivity index (χ1v) is 7.93. The van der Waals surface area contributed by atoms with Crippen LogP contribution in [0.2, 0.25) is 0 Å². The van der Waals surface area contributed by atoms with Crippen LogP contribution >= 0.6 is 11.3 Å². The van der Waals surface area contributed by atoms with E-state index >= 15 is 0 Å². The summed E-state index contributed by atoms with van der Waals surface area (Å²) in [5, 5.41) is 6.95. The smallest absolute Gasteiger partial charge is 0.265 e. The lowest BCUT2D eigenvalue weighted by atomic mass is 10.1. The molecular formula is C14H26N4OS. The number of thiazole rings is 1.